The molecule has 2 aromatic heterocycles. The first-order valence-corrected chi connectivity index (χ1v) is 5.65. The van der Waals surface area contributed by atoms with Gasteiger partial charge in [0.2, 0.25) is 0 Å². The zero-order chi connectivity index (χ0) is 12.3. The lowest BCUT2D eigenvalue weighted by Crippen LogP contribution is -2.11. The number of aromatic nitrogens is 3. The van der Waals surface area contributed by atoms with Gasteiger partial charge in [-0.2, -0.15) is 5.10 Å². The predicted molar refractivity (Wildman–Crippen MR) is 71.3 cm³/mol. The van der Waals surface area contributed by atoms with Gasteiger partial charge in [0.05, 0.1) is 29.5 Å². The normalized spacial score (nSPS) is 10.2. The van der Waals surface area contributed by atoms with Gasteiger partial charge in [0.25, 0.3) is 0 Å². The number of nitrogens with two attached hydrogens (primary N) is 1. The summed E-state index contributed by atoms with van der Waals surface area (Å²) in [5, 5.41) is 7.36. The van der Waals surface area contributed by atoms with E-state index >= 15 is 0 Å². The van der Waals surface area contributed by atoms with Crippen molar-refractivity contribution in [3.63, 3.8) is 0 Å². The van der Waals surface area contributed by atoms with Gasteiger partial charge in [-0.1, -0.05) is 12.2 Å². The molecule has 6 heteroatoms. The molecule has 0 aliphatic carbocycles. The molecule has 2 aromatic rings. The van der Waals surface area contributed by atoms with Gasteiger partial charge >= 0.3 is 0 Å². The number of hydrogen-bond donors (Lipinski definition) is 2. The monoisotopic (exact) mass is 247 g/mol. The summed E-state index contributed by atoms with van der Waals surface area (Å²) in [6.45, 7) is 2.88. The minimum atomic E-state index is 0.301. The SMILES string of the molecule is CCn1cc(Nc2ccc(C(N)=S)nc2)cn1. The van der Waals surface area contributed by atoms with Crippen LogP contribution in [0.25, 0.3) is 0 Å². The molecule has 0 aliphatic rings. The van der Waals surface area contributed by atoms with Crippen LogP contribution in [0, 0.1) is 0 Å². The van der Waals surface area contributed by atoms with E-state index in [1.165, 1.54) is 0 Å². The second kappa shape index (κ2) is 4.92. The average Bonchev–Trinajstić information content (AvgIpc) is 2.77. The lowest BCUT2D eigenvalue weighted by molar-refractivity contribution is 0.660. The van der Waals surface area contributed by atoms with Crippen LogP contribution in [0.4, 0.5) is 11.4 Å². The Labute approximate surface area is 105 Å². The molecule has 2 rings (SSSR count). The highest BCUT2D eigenvalue weighted by Crippen LogP contribution is 2.14. The van der Waals surface area contributed by atoms with Gasteiger partial charge in [-0.15, -0.1) is 0 Å². The molecule has 0 saturated heterocycles. The number of nitrogens with one attached hydrogen (secondary N) is 1. The molecule has 0 radical (unpaired) electrons. The maximum absolute atomic E-state index is 5.47. The molecule has 0 atom stereocenters. The number of pyridine rings is 1. The molecule has 5 nitrogen and oxygen atoms in total. The van der Waals surface area contributed by atoms with Crippen molar-refractivity contribution < 1.29 is 0 Å². The second-order valence-corrected chi connectivity index (χ2v) is 3.95. The summed E-state index contributed by atoms with van der Waals surface area (Å²) in [5.74, 6) is 0. The Hall–Kier alpha value is -1.95. The number of aryl methyl sites for hydroxylation is 1. The minimum Gasteiger partial charge on any atom is -0.388 e. The lowest BCUT2D eigenvalue weighted by Gasteiger charge is -2.03. The second-order valence-electron chi connectivity index (χ2n) is 3.51. The third kappa shape index (κ3) is 2.79. The molecule has 2 heterocycles. The Morgan fingerprint density at radius 1 is 1.41 bits per heavy atom. The number of rotatable bonds is 4. The molecular formula is C11H13N5S. The lowest BCUT2D eigenvalue weighted by atomic mass is 10.3. The number of nitrogens with zero attached hydrogens (tertiary/aromatic N) is 3. The molecule has 0 saturated carbocycles. The van der Waals surface area contributed by atoms with Gasteiger partial charge in [-0.3, -0.25) is 9.67 Å². The molecule has 0 aliphatic heterocycles. The van der Waals surface area contributed by atoms with Crippen molar-refractivity contribution in [3.05, 3.63) is 36.4 Å². The maximum Gasteiger partial charge on any atom is 0.122 e. The highest BCUT2D eigenvalue weighted by Gasteiger charge is 2.00. The van der Waals surface area contributed by atoms with Crippen LogP contribution in [0.1, 0.15) is 12.6 Å². The topological polar surface area (TPSA) is 68.8 Å². The van der Waals surface area contributed by atoms with Crippen molar-refractivity contribution in [1.82, 2.24) is 14.8 Å². The summed E-state index contributed by atoms with van der Waals surface area (Å²) in [6.07, 6.45) is 5.39. The first-order chi connectivity index (χ1) is 8.19. The molecule has 88 valence electrons. The maximum atomic E-state index is 5.47. The zero-order valence-electron chi connectivity index (χ0n) is 9.42. The molecular weight excluding hydrogens is 234 g/mol. The fourth-order valence-electron chi connectivity index (χ4n) is 1.38. The largest absolute Gasteiger partial charge is 0.388 e. The third-order valence-electron chi connectivity index (χ3n) is 2.26. The summed E-state index contributed by atoms with van der Waals surface area (Å²) >= 11 is 4.84. The van der Waals surface area contributed by atoms with Crippen LogP contribution in [0.15, 0.2) is 30.7 Å². The van der Waals surface area contributed by atoms with E-state index in [-0.39, 0.29) is 0 Å². The average molecular weight is 247 g/mol. The number of anilines is 2. The van der Waals surface area contributed by atoms with Crippen molar-refractivity contribution in [2.75, 3.05) is 5.32 Å². The van der Waals surface area contributed by atoms with Crippen molar-refractivity contribution in [3.8, 4) is 0 Å². The van der Waals surface area contributed by atoms with Crippen molar-refractivity contribution in [2.24, 2.45) is 5.73 Å². The van der Waals surface area contributed by atoms with E-state index in [2.05, 4.69) is 15.4 Å². The van der Waals surface area contributed by atoms with Gasteiger partial charge in [0.15, 0.2) is 0 Å². The zero-order valence-corrected chi connectivity index (χ0v) is 10.2. The molecule has 0 spiro atoms. The van der Waals surface area contributed by atoms with Crippen LogP contribution < -0.4 is 11.1 Å². The van der Waals surface area contributed by atoms with Gasteiger partial charge in [0, 0.05) is 12.7 Å². The first kappa shape index (κ1) is 11.5. The van der Waals surface area contributed by atoms with Crippen molar-refractivity contribution >= 4 is 28.6 Å². The Balaban J connectivity index is 2.10. The van der Waals surface area contributed by atoms with Gasteiger partial charge in [0.1, 0.15) is 4.99 Å². The molecule has 0 unspecified atom stereocenters. The van der Waals surface area contributed by atoms with Crippen LogP contribution in [-0.4, -0.2) is 19.8 Å². The van der Waals surface area contributed by atoms with Crippen molar-refractivity contribution in [1.29, 1.82) is 0 Å². The number of hydrogen-bond acceptors (Lipinski definition) is 4. The quantitative estimate of drug-likeness (QED) is 0.804. The highest BCUT2D eigenvalue weighted by atomic mass is 32.1. The Morgan fingerprint density at radius 2 is 2.24 bits per heavy atom. The van der Waals surface area contributed by atoms with E-state index in [1.807, 2.05) is 23.9 Å². The number of thiocarbonyl (C=S) groups is 1. The van der Waals surface area contributed by atoms with Gasteiger partial charge in [-0.25, -0.2) is 0 Å². The fraction of sp³-hybridized carbons (Fsp3) is 0.182. The summed E-state index contributed by atoms with van der Waals surface area (Å²) < 4.78 is 1.85. The Bertz CT molecular complexity index is 517. The van der Waals surface area contributed by atoms with E-state index in [0.29, 0.717) is 10.7 Å². The Kier molecular flexibility index (Phi) is 3.34. The third-order valence-corrected chi connectivity index (χ3v) is 2.47. The molecule has 0 fully saturated rings. The summed E-state index contributed by atoms with van der Waals surface area (Å²) in [5.41, 5.74) is 7.90. The van der Waals surface area contributed by atoms with E-state index in [9.17, 15) is 0 Å². The minimum absolute atomic E-state index is 0.301. The Morgan fingerprint density at radius 3 is 2.76 bits per heavy atom. The van der Waals surface area contributed by atoms with Crippen LogP contribution in [-0.2, 0) is 6.54 Å². The van der Waals surface area contributed by atoms with Crippen LogP contribution in [0.5, 0.6) is 0 Å². The smallest absolute Gasteiger partial charge is 0.122 e. The fourth-order valence-corrected chi connectivity index (χ4v) is 1.50. The van der Waals surface area contributed by atoms with E-state index < -0.39 is 0 Å². The van der Waals surface area contributed by atoms with Gasteiger partial charge in [-0.05, 0) is 19.1 Å². The molecule has 0 aromatic carbocycles. The molecule has 0 amide bonds. The summed E-state index contributed by atoms with van der Waals surface area (Å²) in [7, 11) is 0. The van der Waals surface area contributed by atoms with E-state index in [4.69, 9.17) is 18.0 Å². The molecule has 0 bridgehead atoms. The van der Waals surface area contributed by atoms with Crippen LogP contribution in [0.3, 0.4) is 0 Å². The summed E-state index contributed by atoms with van der Waals surface area (Å²) in [6, 6.07) is 3.67. The van der Waals surface area contributed by atoms with Gasteiger partial charge < -0.3 is 11.1 Å². The standard InChI is InChI=1S/C11H13N5S/c1-2-16-7-9(6-14-16)15-8-3-4-10(11(12)17)13-5-8/h3-7,15H,2H2,1H3,(H2,12,17). The van der Waals surface area contributed by atoms with Crippen LogP contribution in [0.2, 0.25) is 0 Å². The predicted octanol–water partition coefficient (Wildman–Crippen LogP) is 1.68. The van der Waals surface area contributed by atoms with E-state index in [1.54, 1.807) is 18.5 Å². The van der Waals surface area contributed by atoms with Crippen LogP contribution >= 0.6 is 12.2 Å². The van der Waals surface area contributed by atoms with E-state index in [0.717, 1.165) is 17.9 Å². The molecule has 3 N–H and O–H groups in total. The van der Waals surface area contributed by atoms with Crippen molar-refractivity contribution in [2.45, 2.75) is 13.5 Å². The summed E-state index contributed by atoms with van der Waals surface area (Å²) in [4.78, 5) is 4.45. The highest BCUT2D eigenvalue weighted by molar-refractivity contribution is 7.80. The molecule has 17 heavy (non-hydrogen) atoms. The first-order valence-electron chi connectivity index (χ1n) is 5.24.